The summed E-state index contributed by atoms with van der Waals surface area (Å²) in [5, 5.41) is 1.44. The normalized spacial score (nSPS) is 11.6. The molecule has 3 aromatic rings. The first kappa shape index (κ1) is 25.6. The van der Waals surface area contributed by atoms with Crippen LogP contribution in [0.15, 0.2) is 79.1 Å². The van der Waals surface area contributed by atoms with Crippen LogP contribution < -0.4 is 14.2 Å². The molecule has 35 heavy (non-hydrogen) atoms. The maximum absolute atomic E-state index is 12.8. The topological polar surface area (TPSA) is 61.8 Å². The van der Waals surface area contributed by atoms with E-state index in [4.69, 9.17) is 14.2 Å². The lowest BCUT2D eigenvalue weighted by molar-refractivity contribution is -0.139. The SMILES string of the molecule is C=C(C)C(=O)Oc1cccc2c(-c3ccc(OC(=O)C(C)C(C)C)c(OC=C(F)F)c3)cccc12. The Hall–Kier alpha value is -4.00. The van der Waals surface area contributed by atoms with Gasteiger partial charge in [-0.3, -0.25) is 4.79 Å². The van der Waals surface area contributed by atoms with Gasteiger partial charge in [0.25, 0.3) is 0 Å². The van der Waals surface area contributed by atoms with Crippen molar-refractivity contribution in [2.45, 2.75) is 27.7 Å². The largest absolute Gasteiger partial charge is 0.455 e. The van der Waals surface area contributed by atoms with E-state index in [0.29, 0.717) is 23.0 Å². The van der Waals surface area contributed by atoms with Crippen LogP contribution in [0, 0.1) is 11.8 Å². The van der Waals surface area contributed by atoms with Gasteiger partial charge >= 0.3 is 18.0 Å². The van der Waals surface area contributed by atoms with Crippen molar-refractivity contribution in [2.24, 2.45) is 11.8 Å². The third-order valence-electron chi connectivity index (χ3n) is 5.55. The van der Waals surface area contributed by atoms with Gasteiger partial charge in [0.15, 0.2) is 17.8 Å². The Morgan fingerprint density at radius 1 is 0.886 bits per heavy atom. The van der Waals surface area contributed by atoms with Gasteiger partial charge in [-0.05, 0) is 47.6 Å². The number of rotatable bonds is 8. The number of esters is 2. The fourth-order valence-corrected chi connectivity index (χ4v) is 3.24. The molecule has 0 bridgehead atoms. The lowest BCUT2D eigenvalue weighted by atomic mass is 9.97. The van der Waals surface area contributed by atoms with Crippen LogP contribution >= 0.6 is 0 Å². The standard InChI is InChI=1S/C28H26F2O5/c1-16(2)18(5)28(32)35-24-13-12-19(14-25(24)33-15-26(29)30)20-8-6-10-22-21(20)9-7-11-23(22)34-27(31)17(3)4/h6-16,18H,3H2,1-2,4-5H3. The molecule has 0 N–H and O–H groups in total. The minimum Gasteiger partial charge on any atom is -0.455 e. The maximum Gasteiger partial charge on any atom is 0.338 e. The zero-order valence-corrected chi connectivity index (χ0v) is 19.9. The van der Waals surface area contributed by atoms with Crippen molar-refractivity contribution in [2.75, 3.05) is 0 Å². The van der Waals surface area contributed by atoms with Crippen LogP contribution in [0.3, 0.4) is 0 Å². The number of hydrogen-bond acceptors (Lipinski definition) is 5. The van der Waals surface area contributed by atoms with Gasteiger partial charge in [-0.2, -0.15) is 8.78 Å². The van der Waals surface area contributed by atoms with Crippen LogP contribution in [-0.2, 0) is 9.59 Å². The Labute approximate surface area is 202 Å². The van der Waals surface area contributed by atoms with Crippen LogP contribution in [0.1, 0.15) is 27.7 Å². The van der Waals surface area contributed by atoms with E-state index in [1.165, 1.54) is 12.1 Å². The molecular formula is C28H26F2O5. The van der Waals surface area contributed by atoms with E-state index in [0.717, 1.165) is 10.9 Å². The molecule has 0 aliphatic rings. The van der Waals surface area contributed by atoms with Crippen molar-refractivity contribution in [3.05, 3.63) is 79.1 Å². The number of carbonyl (C=O) groups excluding carboxylic acids is 2. The number of benzene rings is 3. The molecule has 0 fully saturated rings. The molecule has 1 atom stereocenters. The molecular weight excluding hydrogens is 454 g/mol. The third-order valence-corrected chi connectivity index (χ3v) is 5.55. The maximum atomic E-state index is 12.8. The fraction of sp³-hybridized carbons (Fsp3) is 0.214. The van der Waals surface area contributed by atoms with Gasteiger partial charge in [-0.25, -0.2) is 4.79 Å². The van der Waals surface area contributed by atoms with E-state index in [1.54, 1.807) is 38.1 Å². The van der Waals surface area contributed by atoms with E-state index in [-0.39, 0.29) is 23.0 Å². The molecule has 182 valence electrons. The van der Waals surface area contributed by atoms with Gasteiger partial charge in [-0.15, -0.1) is 0 Å². The molecule has 0 radical (unpaired) electrons. The van der Waals surface area contributed by atoms with Crippen LogP contribution in [0.4, 0.5) is 8.78 Å². The summed E-state index contributed by atoms with van der Waals surface area (Å²) < 4.78 is 41.6. The first-order valence-corrected chi connectivity index (χ1v) is 11.0. The summed E-state index contributed by atoms with van der Waals surface area (Å²) in [6.07, 6.45) is -1.74. The second-order valence-corrected chi connectivity index (χ2v) is 8.47. The van der Waals surface area contributed by atoms with Crippen molar-refractivity contribution in [3.8, 4) is 28.4 Å². The van der Waals surface area contributed by atoms with Crippen LogP contribution in [0.25, 0.3) is 21.9 Å². The van der Waals surface area contributed by atoms with Crippen molar-refractivity contribution in [1.29, 1.82) is 0 Å². The van der Waals surface area contributed by atoms with Gasteiger partial charge in [0.1, 0.15) is 5.75 Å². The van der Waals surface area contributed by atoms with E-state index in [9.17, 15) is 18.4 Å². The van der Waals surface area contributed by atoms with E-state index in [2.05, 4.69) is 6.58 Å². The highest BCUT2D eigenvalue weighted by Crippen LogP contribution is 2.38. The predicted octanol–water partition coefficient (Wildman–Crippen LogP) is 7.30. The second kappa shape index (κ2) is 11.0. The predicted molar refractivity (Wildman–Crippen MR) is 130 cm³/mol. The molecule has 0 aliphatic heterocycles. The Kier molecular flexibility index (Phi) is 8.02. The van der Waals surface area contributed by atoms with Crippen molar-refractivity contribution < 1.29 is 32.6 Å². The summed E-state index contributed by atoms with van der Waals surface area (Å²) in [6, 6.07) is 15.4. The molecule has 0 heterocycles. The lowest BCUT2D eigenvalue weighted by Crippen LogP contribution is -2.22. The number of ether oxygens (including phenoxy) is 3. The Morgan fingerprint density at radius 2 is 1.57 bits per heavy atom. The zero-order chi connectivity index (χ0) is 25.7. The molecule has 3 rings (SSSR count). The average Bonchev–Trinajstić information content (AvgIpc) is 2.82. The van der Waals surface area contributed by atoms with Crippen molar-refractivity contribution in [1.82, 2.24) is 0 Å². The minimum absolute atomic E-state index is 0.0278. The van der Waals surface area contributed by atoms with E-state index < -0.39 is 23.9 Å². The summed E-state index contributed by atoms with van der Waals surface area (Å²) in [7, 11) is 0. The van der Waals surface area contributed by atoms with Crippen molar-refractivity contribution >= 4 is 22.7 Å². The quantitative estimate of drug-likeness (QED) is 0.146. The highest BCUT2D eigenvalue weighted by atomic mass is 19.3. The molecule has 0 aromatic heterocycles. The van der Waals surface area contributed by atoms with Crippen LogP contribution in [0.2, 0.25) is 0 Å². The molecule has 0 spiro atoms. The molecule has 0 saturated carbocycles. The minimum atomic E-state index is -2.03. The van der Waals surface area contributed by atoms with Gasteiger partial charge < -0.3 is 14.2 Å². The van der Waals surface area contributed by atoms with Gasteiger partial charge in [0.05, 0.1) is 5.92 Å². The highest BCUT2D eigenvalue weighted by Gasteiger charge is 2.21. The summed E-state index contributed by atoms with van der Waals surface area (Å²) in [5.41, 5.74) is 1.63. The van der Waals surface area contributed by atoms with Gasteiger partial charge in [0, 0.05) is 11.0 Å². The van der Waals surface area contributed by atoms with E-state index >= 15 is 0 Å². The van der Waals surface area contributed by atoms with Gasteiger partial charge in [-0.1, -0.05) is 63.7 Å². The lowest BCUT2D eigenvalue weighted by Gasteiger charge is -2.17. The zero-order valence-electron chi connectivity index (χ0n) is 19.9. The smallest absolute Gasteiger partial charge is 0.338 e. The summed E-state index contributed by atoms with van der Waals surface area (Å²) in [5.74, 6) is -1.03. The number of hydrogen-bond donors (Lipinski definition) is 0. The van der Waals surface area contributed by atoms with Crippen molar-refractivity contribution in [3.63, 3.8) is 0 Å². The fourth-order valence-electron chi connectivity index (χ4n) is 3.24. The molecule has 5 nitrogen and oxygen atoms in total. The number of halogens is 2. The molecule has 0 aliphatic carbocycles. The third kappa shape index (κ3) is 6.12. The Balaban J connectivity index is 2.07. The Morgan fingerprint density at radius 3 is 2.23 bits per heavy atom. The second-order valence-electron chi connectivity index (χ2n) is 8.47. The molecule has 0 saturated heterocycles. The van der Waals surface area contributed by atoms with Gasteiger partial charge in [0.2, 0.25) is 0 Å². The Bertz CT molecular complexity index is 1310. The summed E-state index contributed by atoms with van der Waals surface area (Å²) >= 11 is 0. The molecule has 1 unspecified atom stereocenters. The monoisotopic (exact) mass is 480 g/mol. The van der Waals surface area contributed by atoms with E-state index in [1.807, 2.05) is 32.0 Å². The molecule has 3 aromatic carbocycles. The first-order chi connectivity index (χ1) is 16.6. The molecule has 0 amide bonds. The number of fused-ring (bicyclic) bond motifs is 1. The summed E-state index contributed by atoms with van der Waals surface area (Å²) in [6.45, 7) is 10.7. The first-order valence-electron chi connectivity index (χ1n) is 11.0. The van der Waals surface area contributed by atoms with Crippen LogP contribution in [0.5, 0.6) is 17.2 Å². The highest BCUT2D eigenvalue weighted by molar-refractivity contribution is 6.01. The molecule has 7 heteroatoms. The number of carbonyl (C=O) groups is 2. The van der Waals surface area contributed by atoms with Crippen LogP contribution in [-0.4, -0.2) is 11.9 Å². The summed E-state index contributed by atoms with van der Waals surface area (Å²) in [4.78, 5) is 24.5. The average molecular weight is 481 g/mol.